The predicted molar refractivity (Wildman–Crippen MR) is 110 cm³/mol. The van der Waals surface area contributed by atoms with E-state index >= 15 is 0 Å². The normalized spacial score (nSPS) is 11.2. The predicted octanol–water partition coefficient (Wildman–Crippen LogP) is 5.22. The molecule has 0 unspecified atom stereocenters. The first-order chi connectivity index (χ1) is 12.7. The third-order valence-corrected chi connectivity index (χ3v) is 5.42. The van der Waals surface area contributed by atoms with Crippen molar-refractivity contribution >= 4 is 34.4 Å². The van der Waals surface area contributed by atoms with Gasteiger partial charge in [0.15, 0.2) is 0 Å². The lowest BCUT2D eigenvalue weighted by molar-refractivity contribution is 0.761. The summed E-state index contributed by atoms with van der Waals surface area (Å²) in [6.07, 6.45) is 2.00. The molecule has 5 heteroatoms. The number of thioether (sulfide) groups is 1. The quantitative estimate of drug-likeness (QED) is 0.454. The lowest BCUT2D eigenvalue weighted by Gasteiger charge is -2.09. The highest BCUT2D eigenvalue weighted by atomic mass is 35.5. The molecule has 0 saturated heterocycles. The van der Waals surface area contributed by atoms with E-state index in [9.17, 15) is 4.79 Å². The summed E-state index contributed by atoms with van der Waals surface area (Å²) < 4.78 is 3.58. The van der Waals surface area contributed by atoms with Gasteiger partial charge in [-0.25, -0.2) is 4.79 Å². The number of hydrogen-bond donors (Lipinski definition) is 0. The number of fused-ring (bicyclic) bond motifs is 1. The number of halogens is 1. The molecule has 1 heterocycles. The third kappa shape index (κ3) is 2.96. The standard InChI is InChI=1S/C21H17ClN2OS/c1-26-20-12-11-16(22)13-19(20)24-18-10-6-5-9-17(18)23(21(24)25)14-15-7-3-2-4-8-15/h2-13H,14H2,1H3. The van der Waals surface area contributed by atoms with E-state index < -0.39 is 0 Å². The fourth-order valence-electron chi connectivity index (χ4n) is 3.20. The van der Waals surface area contributed by atoms with Crippen LogP contribution < -0.4 is 5.69 Å². The molecule has 0 aliphatic carbocycles. The van der Waals surface area contributed by atoms with Crippen molar-refractivity contribution < 1.29 is 0 Å². The molecule has 0 saturated carbocycles. The zero-order chi connectivity index (χ0) is 18.1. The van der Waals surface area contributed by atoms with Crippen molar-refractivity contribution in [1.29, 1.82) is 0 Å². The van der Waals surface area contributed by atoms with Crippen molar-refractivity contribution in [1.82, 2.24) is 9.13 Å². The van der Waals surface area contributed by atoms with E-state index in [1.807, 2.05) is 83.6 Å². The van der Waals surface area contributed by atoms with Gasteiger partial charge in [0.1, 0.15) is 0 Å². The second kappa shape index (κ2) is 7.06. The third-order valence-electron chi connectivity index (χ3n) is 4.40. The molecule has 0 aliphatic rings. The Kier molecular flexibility index (Phi) is 4.62. The fraction of sp³-hybridized carbons (Fsp3) is 0.0952. The van der Waals surface area contributed by atoms with Gasteiger partial charge in [-0.2, -0.15) is 0 Å². The number of nitrogens with zero attached hydrogens (tertiary/aromatic N) is 2. The highest BCUT2D eigenvalue weighted by molar-refractivity contribution is 7.98. The molecule has 0 spiro atoms. The van der Waals surface area contributed by atoms with E-state index in [1.165, 1.54) is 0 Å². The number of rotatable bonds is 4. The first-order valence-corrected chi connectivity index (χ1v) is 9.87. The molecule has 0 aliphatic heterocycles. The Labute approximate surface area is 160 Å². The maximum Gasteiger partial charge on any atom is 0.334 e. The van der Waals surface area contributed by atoms with Crippen molar-refractivity contribution in [3.05, 3.63) is 93.9 Å². The van der Waals surface area contributed by atoms with Crippen LogP contribution in [0.15, 0.2) is 82.5 Å². The van der Waals surface area contributed by atoms with Crippen LogP contribution in [-0.4, -0.2) is 15.4 Å². The van der Waals surface area contributed by atoms with E-state index in [4.69, 9.17) is 11.6 Å². The highest BCUT2D eigenvalue weighted by Crippen LogP contribution is 2.29. The Hall–Kier alpha value is -2.43. The number of benzene rings is 3. The first-order valence-electron chi connectivity index (χ1n) is 8.27. The minimum atomic E-state index is -0.0624. The molecule has 0 radical (unpaired) electrons. The molecule has 0 bridgehead atoms. The van der Waals surface area contributed by atoms with E-state index in [-0.39, 0.29) is 5.69 Å². The highest BCUT2D eigenvalue weighted by Gasteiger charge is 2.17. The van der Waals surface area contributed by atoms with Gasteiger partial charge in [0.05, 0.1) is 23.3 Å². The molecule has 4 rings (SSSR count). The molecule has 0 fully saturated rings. The van der Waals surface area contributed by atoms with Crippen molar-refractivity contribution in [2.45, 2.75) is 11.4 Å². The lowest BCUT2D eigenvalue weighted by Crippen LogP contribution is -2.24. The zero-order valence-corrected chi connectivity index (χ0v) is 15.8. The van der Waals surface area contributed by atoms with Gasteiger partial charge in [-0.3, -0.25) is 9.13 Å². The second-order valence-corrected chi connectivity index (χ2v) is 7.28. The SMILES string of the molecule is CSc1ccc(Cl)cc1-n1c(=O)n(Cc2ccccc2)c2ccccc21. The van der Waals surface area contributed by atoms with Crippen LogP contribution in [0.2, 0.25) is 5.02 Å². The zero-order valence-electron chi connectivity index (χ0n) is 14.2. The van der Waals surface area contributed by atoms with Crippen molar-refractivity contribution in [2.24, 2.45) is 0 Å². The smallest absolute Gasteiger partial charge is 0.287 e. The Morgan fingerprint density at radius 1 is 0.923 bits per heavy atom. The average Bonchev–Trinajstić information content (AvgIpc) is 2.94. The summed E-state index contributed by atoms with van der Waals surface area (Å²) >= 11 is 7.83. The van der Waals surface area contributed by atoms with Gasteiger partial charge in [0.25, 0.3) is 0 Å². The number of imidazole rings is 1. The monoisotopic (exact) mass is 380 g/mol. The maximum atomic E-state index is 13.3. The van der Waals surface area contributed by atoms with Crippen LogP contribution >= 0.6 is 23.4 Å². The summed E-state index contributed by atoms with van der Waals surface area (Å²) in [5.41, 5.74) is 3.64. The summed E-state index contributed by atoms with van der Waals surface area (Å²) in [4.78, 5) is 14.4. The second-order valence-electron chi connectivity index (χ2n) is 5.99. The molecule has 1 aromatic heterocycles. The molecule has 0 amide bonds. The summed E-state index contributed by atoms with van der Waals surface area (Å²) in [6, 6.07) is 23.6. The Bertz CT molecular complexity index is 1130. The van der Waals surface area contributed by atoms with E-state index in [1.54, 1.807) is 16.3 Å². The molecule has 3 aromatic carbocycles. The minimum absolute atomic E-state index is 0.0624. The van der Waals surface area contributed by atoms with Crippen LogP contribution in [0.1, 0.15) is 5.56 Å². The van der Waals surface area contributed by atoms with Crippen LogP contribution in [-0.2, 0) is 6.54 Å². The molecule has 4 aromatic rings. The minimum Gasteiger partial charge on any atom is -0.287 e. The van der Waals surface area contributed by atoms with Crippen LogP contribution in [0.25, 0.3) is 16.7 Å². The Balaban J connectivity index is 1.99. The molecule has 0 N–H and O–H groups in total. The fourth-order valence-corrected chi connectivity index (χ4v) is 3.93. The average molecular weight is 381 g/mol. The van der Waals surface area contributed by atoms with Gasteiger partial charge >= 0.3 is 5.69 Å². The molecular weight excluding hydrogens is 364 g/mol. The van der Waals surface area contributed by atoms with E-state index in [0.717, 1.165) is 27.2 Å². The number of aromatic nitrogens is 2. The number of para-hydroxylation sites is 2. The summed E-state index contributed by atoms with van der Waals surface area (Å²) in [5.74, 6) is 0. The van der Waals surface area contributed by atoms with Crippen molar-refractivity contribution in [3.8, 4) is 5.69 Å². The van der Waals surface area contributed by atoms with Gasteiger partial charge in [0, 0.05) is 9.92 Å². The van der Waals surface area contributed by atoms with Crippen LogP contribution in [0.4, 0.5) is 0 Å². The Morgan fingerprint density at radius 3 is 2.35 bits per heavy atom. The molecule has 0 atom stereocenters. The van der Waals surface area contributed by atoms with Crippen LogP contribution in [0, 0.1) is 0 Å². The van der Waals surface area contributed by atoms with E-state index in [0.29, 0.717) is 11.6 Å². The summed E-state index contributed by atoms with van der Waals surface area (Å²) in [6.45, 7) is 0.530. The largest absolute Gasteiger partial charge is 0.334 e. The van der Waals surface area contributed by atoms with Gasteiger partial charge in [-0.15, -0.1) is 11.8 Å². The molecule has 26 heavy (non-hydrogen) atoms. The van der Waals surface area contributed by atoms with Gasteiger partial charge in [-0.05, 0) is 42.2 Å². The van der Waals surface area contributed by atoms with Crippen molar-refractivity contribution in [3.63, 3.8) is 0 Å². The van der Waals surface area contributed by atoms with Gasteiger partial charge in [-0.1, -0.05) is 54.1 Å². The molecule has 130 valence electrons. The summed E-state index contributed by atoms with van der Waals surface area (Å²) in [5, 5.41) is 0.615. The number of hydrogen-bond acceptors (Lipinski definition) is 2. The Morgan fingerprint density at radius 2 is 1.62 bits per heavy atom. The summed E-state index contributed by atoms with van der Waals surface area (Å²) in [7, 11) is 0. The van der Waals surface area contributed by atoms with Crippen LogP contribution in [0.3, 0.4) is 0 Å². The topological polar surface area (TPSA) is 26.9 Å². The lowest BCUT2D eigenvalue weighted by atomic mass is 10.2. The van der Waals surface area contributed by atoms with E-state index in [2.05, 4.69) is 0 Å². The van der Waals surface area contributed by atoms with Gasteiger partial charge < -0.3 is 0 Å². The maximum absolute atomic E-state index is 13.3. The molecular formula is C21H17ClN2OS. The molecule has 3 nitrogen and oxygen atoms in total. The van der Waals surface area contributed by atoms with Crippen molar-refractivity contribution in [2.75, 3.05) is 6.26 Å². The van der Waals surface area contributed by atoms with Gasteiger partial charge in [0.2, 0.25) is 0 Å². The van der Waals surface area contributed by atoms with Crippen LogP contribution in [0.5, 0.6) is 0 Å². The first kappa shape index (κ1) is 17.0.